The van der Waals surface area contributed by atoms with E-state index in [2.05, 4.69) is 5.32 Å². The van der Waals surface area contributed by atoms with E-state index in [0.29, 0.717) is 17.3 Å². The average Bonchev–Trinajstić information content (AvgIpc) is 2.26. The van der Waals surface area contributed by atoms with Gasteiger partial charge in [-0.2, -0.15) is 0 Å². The Labute approximate surface area is 99.0 Å². The van der Waals surface area contributed by atoms with Gasteiger partial charge in [-0.05, 0) is 12.1 Å². The summed E-state index contributed by atoms with van der Waals surface area (Å²) < 4.78 is 5.01. The van der Waals surface area contributed by atoms with Crippen molar-refractivity contribution in [3.63, 3.8) is 0 Å². The first-order valence-corrected chi connectivity index (χ1v) is 5.40. The van der Waals surface area contributed by atoms with Crippen molar-refractivity contribution in [3.05, 3.63) is 23.2 Å². The van der Waals surface area contributed by atoms with Gasteiger partial charge in [0.25, 0.3) is 0 Å². The molecule has 3 nitrogen and oxygen atoms in total. The first-order chi connectivity index (χ1) is 7.17. The number of alkyl halides is 1. The number of anilines is 1. The van der Waals surface area contributed by atoms with Crippen molar-refractivity contribution >= 4 is 28.9 Å². The highest BCUT2D eigenvalue weighted by atomic mass is 35.5. The number of ether oxygens (including phenoxy) is 1. The van der Waals surface area contributed by atoms with Crippen LogP contribution in [0.2, 0.25) is 5.02 Å². The zero-order valence-electron chi connectivity index (χ0n) is 8.34. The van der Waals surface area contributed by atoms with Crippen LogP contribution in [-0.2, 0) is 0 Å². The maximum atomic E-state index is 9.25. The van der Waals surface area contributed by atoms with Crippen molar-refractivity contribution in [1.29, 1.82) is 0 Å². The first kappa shape index (κ1) is 12.4. The number of rotatable bonds is 5. The zero-order valence-corrected chi connectivity index (χ0v) is 9.85. The van der Waals surface area contributed by atoms with Crippen LogP contribution >= 0.6 is 23.2 Å². The van der Waals surface area contributed by atoms with Crippen LogP contribution in [0.15, 0.2) is 18.2 Å². The molecule has 2 N–H and O–H groups in total. The molecule has 0 spiro atoms. The number of hydrogen-bond acceptors (Lipinski definition) is 3. The van der Waals surface area contributed by atoms with Gasteiger partial charge in [-0.3, -0.25) is 0 Å². The second-order valence-corrected chi connectivity index (χ2v) is 3.75. The van der Waals surface area contributed by atoms with Crippen LogP contribution in [0.5, 0.6) is 5.75 Å². The summed E-state index contributed by atoms with van der Waals surface area (Å²) in [6.45, 7) is 0.371. The van der Waals surface area contributed by atoms with Gasteiger partial charge in [0.1, 0.15) is 5.75 Å². The number of halogens is 2. The fourth-order valence-electron chi connectivity index (χ4n) is 1.05. The third-order valence-corrected chi connectivity index (χ3v) is 2.55. The maximum absolute atomic E-state index is 9.25. The summed E-state index contributed by atoms with van der Waals surface area (Å²) in [4.78, 5) is 0. The normalized spacial score (nSPS) is 12.3. The maximum Gasteiger partial charge on any atom is 0.120 e. The Bertz CT molecular complexity index is 320. The van der Waals surface area contributed by atoms with E-state index in [1.165, 1.54) is 0 Å². The van der Waals surface area contributed by atoms with Crippen LogP contribution in [0.3, 0.4) is 0 Å². The fourth-order valence-corrected chi connectivity index (χ4v) is 1.39. The predicted molar refractivity (Wildman–Crippen MR) is 63.2 cm³/mol. The number of aliphatic hydroxyl groups is 1. The lowest BCUT2D eigenvalue weighted by Crippen LogP contribution is -2.20. The van der Waals surface area contributed by atoms with Gasteiger partial charge in [0, 0.05) is 12.6 Å². The highest BCUT2D eigenvalue weighted by molar-refractivity contribution is 6.33. The number of benzene rings is 1. The second-order valence-electron chi connectivity index (χ2n) is 3.03. The minimum atomic E-state index is -0.579. The molecule has 0 amide bonds. The number of hydrogen-bond donors (Lipinski definition) is 2. The van der Waals surface area contributed by atoms with Crippen molar-refractivity contribution < 1.29 is 9.84 Å². The van der Waals surface area contributed by atoms with Crippen molar-refractivity contribution in [3.8, 4) is 5.75 Å². The minimum absolute atomic E-state index is 0.195. The minimum Gasteiger partial charge on any atom is -0.497 e. The summed E-state index contributed by atoms with van der Waals surface area (Å²) in [5, 5.41) is 12.8. The van der Waals surface area contributed by atoms with Gasteiger partial charge in [0.15, 0.2) is 0 Å². The molecule has 15 heavy (non-hydrogen) atoms. The van der Waals surface area contributed by atoms with E-state index in [0.717, 1.165) is 5.69 Å². The molecule has 5 heteroatoms. The SMILES string of the molecule is COc1ccc(NCC(O)CCl)c(Cl)c1. The Morgan fingerprint density at radius 3 is 2.80 bits per heavy atom. The van der Waals surface area contributed by atoms with Gasteiger partial charge in [0.2, 0.25) is 0 Å². The molecule has 0 aliphatic carbocycles. The Hall–Kier alpha value is -0.640. The summed E-state index contributed by atoms with van der Waals surface area (Å²) in [6.07, 6.45) is -0.579. The van der Waals surface area contributed by atoms with Gasteiger partial charge in [-0.25, -0.2) is 0 Å². The van der Waals surface area contributed by atoms with Crippen LogP contribution < -0.4 is 10.1 Å². The molecule has 0 aromatic heterocycles. The monoisotopic (exact) mass is 249 g/mol. The van der Waals surface area contributed by atoms with Crippen LogP contribution in [0.1, 0.15) is 0 Å². The van der Waals surface area contributed by atoms with Gasteiger partial charge in [-0.1, -0.05) is 11.6 Å². The predicted octanol–water partition coefficient (Wildman–Crippen LogP) is 2.36. The fraction of sp³-hybridized carbons (Fsp3) is 0.400. The topological polar surface area (TPSA) is 41.5 Å². The molecule has 1 atom stereocenters. The molecule has 0 heterocycles. The molecule has 0 fully saturated rings. The highest BCUT2D eigenvalue weighted by Crippen LogP contribution is 2.26. The van der Waals surface area contributed by atoms with Crippen molar-refractivity contribution in [1.82, 2.24) is 0 Å². The van der Waals surface area contributed by atoms with Crippen molar-refractivity contribution in [2.45, 2.75) is 6.10 Å². The smallest absolute Gasteiger partial charge is 0.120 e. The molecular weight excluding hydrogens is 237 g/mol. The lowest BCUT2D eigenvalue weighted by molar-refractivity contribution is 0.211. The number of methoxy groups -OCH3 is 1. The van der Waals surface area contributed by atoms with Crippen LogP contribution in [0.4, 0.5) is 5.69 Å². The molecule has 1 aromatic carbocycles. The Morgan fingerprint density at radius 2 is 2.27 bits per heavy atom. The lowest BCUT2D eigenvalue weighted by Gasteiger charge is -2.12. The van der Waals surface area contributed by atoms with E-state index in [1.807, 2.05) is 0 Å². The molecule has 0 saturated heterocycles. The largest absolute Gasteiger partial charge is 0.497 e. The van der Waals surface area contributed by atoms with Gasteiger partial charge in [-0.15, -0.1) is 11.6 Å². The molecule has 1 rings (SSSR count). The van der Waals surface area contributed by atoms with E-state index in [9.17, 15) is 5.11 Å². The highest BCUT2D eigenvalue weighted by Gasteiger charge is 2.05. The standard InChI is InChI=1S/C10H13Cl2NO2/c1-15-8-2-3-10(9(12)4-8)13-6-7(14)5-11/h2-4,7,13-14H,5-6H2,1H3. The second kappa shape index (κ2) is 6.05. The molecule has 1 unspecified atom stereocenters. The Balaban J connectivity index is 2.62. The molecule has 0 bridgehead atoms. The van der Waals surface area contributed by atoms with Crippen molar-refractivity contribution in [2.75, 3.05) is 24.9 Å². The van der Waals surface area contributed by atoms with E-state index in [4.69, 9.17) is 27.9 Å². The molecule has 84 valence electrons. The molecule has 0 saturated carbocycles. The van der Waals surface area contributed by atoms with Crippen LogP contribution in [-0.4, -0.2) is 30.7 Å². The van der Waals surface area contributed by atoms with Gasteiger partial charge >= 0.3 is 0 Å². The summed E-state index contributed by atoms with van der Waals surface area (Å²) in [5.74, 6) is 0.893. The molecule has 1 aromatic rings. The van der Waals surface area contributed by atoms with Gasteiger partial charge < -0.3 is 15.2 Å². The average molecular weight is 250 g/mol. The Morgan fingerprint density at radius 1 is 1.53 bits per heavy atom. The van der Waals surface area contributed by atoms with E-state index in [1.54, 1.807) is 25.3 Å². The third-order valence-electron chi connectivity index (χ3n) is 1.88. The quantitative estimate of drug-likeness (QED) is 0.788. The molecule has 0 aliphatic rings. The zero-order chi connectivity index (χ0) is 11.3. The molecular formula is C10H13Cl2NO2. The summed E-state index contributed by atoms with van der Waals surface area (Å²) in [6, 6.07) is 5.29. The van der Waals surface area contributed by atoms with E-state index < -0.39 is 6.10 Å². The summed E-state index contributed by atoms with van der Waals surface area (Å²) >= 11 is 11.4. The molecule has 0 aliphatic heterocycles. The number of nitrogens with one attached hydrogen (secondary N) is 1. The molecule has 0 radical (unpaired) electrons. The lowest BCUT2D eigenvalue weighted by atomic mass is 10.3. The van der Waals surface area contributed by atoms with E-state index >= 15 is 0 Å². The van der Waals surface area contributed by atoms with Crippen LogP contribution in [0.25, 0.3) is 0 Å². The Kier molecular flexibility index (Phi) is 5.02. The third kappa shape index (κ3) is 3.78. The van der Waals surface area contributed by atoms with Crippen molar-refractivity contribution in [2.24, 2.45) is 0 Å². The van der Waals surface area contributed by atoms with Gasteiger partial charge in [0.05, 0.1) is 29.8 Å². The summed E-state index contributed by atoms with van der Waals surface area (Å²) in [7, 11) is 1.58. The number of aliphatic hydroxyl groups excluding tert-OH is 1. The first-order valence-electron chi connectivity index (χ1n) is 4.48. The van der Waals surface area contributed by atoms with E-state index in [-0.39, 0.29) is 5.88 Å². The van der Waals surface area contributed by atoms with Crippen LogP contribution in [0, 0.1) is 0 Å². The summed E-state index contributed by atoms with van der Waals surface area (Å²) in [5.41, 5.74) is 0.752.